The summed E-state index contributed by atoms with van der Waals surface area (Å²) in [6.45, 7) is 0.610. The highest BCUT2D eigenvalue weighted by Gasteiger charge is 2.54. The first kappa shape index (κ1) is 13.8. The Morgan fingerprint density at radius 1 is 1.10 bits per heavy atom. The quantitative estimate of drug-likeness (QED) is 0.885. The molecule has 2 atom stereocenters. The summed E-state index contributed by atoms with van der Waals surface area (Å²) in [6, 6.07) is 19.4. The van der Waals surface area contributed by atoms with Gasteiger partial charge in [-0.3, -0.25) is 4.79 Å². The summed E-state index contributed by atoms with van der Waals surface area (Å²) in [6.07, 6.45) is 0.919. The molecule has 0 heterocycles. The minimum absolute atomic E-state index is 0.0814. The Morgan fingerprint density at radius 2 is 1.71 bits per heavy atom. The van der Waals surface area contributed by atoms with Crippen molar-refractivity contribution in [2.75, 3.05) is 13.2 Å². The Balaban J connectivity index is 1.63. The molecule has 3 rings (SSSR count). The lowest BCUT2D eigenvalue weighted by atomic mass is 9.99. The van der Waals surface area contributed by atoms with Crippen LogP contribution in [-0.4, -0.2) is 24.2 Å². The summed E-state index contributed by atoms with van der Waals surface area (Å²) in [5.41, 5.74) is 1.69. The molecule has 0 saturated heterocycles. The maximum Gasteiger partial charge on any atom is 0.251 e. The Bertz CT molecular complexity index is 612. The monoisotopic (exact) mass is 281 g/mol. The molecule has 2 aromatic carbocycles. The smallest absolute Gasteiger partial charge is 0.251 e. The van der Waals surface area contributed by atoms with Crippen molar-refractivity contribution in [2.45, 2.75) is 12.3 Å². The molecule has 1 amide bonds. The lowest BCUT2D eigenvalue weighted by Crippen LogP contribution is -2.32. The van der Waals surface area contributed by atoms with Crippen LogP contribution in [0, 0.1) is 5.41 Å². The van der Waals surface area contributed by atoms with E-state index in [2.05, 4.69) is 17.4 Å². The molecule has 0 spiro atoms. The molecule has 0 aromatic heterocycles. The largest absolute Gasteiger partial charge is 0.396 e. The molecule has 3 nitrogen and oxygen atoms in total. The highest BCUT2D eigenvalue weighted by molar-refractivity contribution is 5.94. The summed E-state index contributed by atoms with van der Waals surface area (Å²) in [5, 5.41) is 12.7. The van der Waals surface area contributed by atoms with E-state index in [0.717, 1.165) is 6.42 Å². The van der Waals surface area contributed by atoms with Crippen LogP contribution in [0.2, 0.25) is 0 Å². The van der Waals surface area contributed by atoms with Gasteiger partial charge in [0.05, 0.1) is 6.61 Å². The van der Waals surface area contributed by atoms with Crippen LogP contribution in [0.25, 0.3) is 0 Å². The van der Waals surface area contributed by atoms with E-state index in [4.69, 9.17) is 0 Å². The van der Waals surface area contributed by atoms with Gasteiger partial charge in [0, 0.05) is 17.5 Å². The van der Waals surface area contributed by atoms with Crippen LogP contribution in [0.4, 0.5) is 0 Å². The molecule has 2 aromatic rings. The molecule has 3 heteroatoms. The molecule has 108 valence electrons. The maximum absolute atomic E-state index is 12.1. The first-order valence-electron chi connectivity index (χ1n) is 7.24. The summed E-state index contributed by atoms with van der Waals surface area (Å²) in [7, 11) is 0. The molecule has 1 aliphatic carbocycles. The van der Waals surface area contributed by atoms with Crippen molar-refractivity contribution in [2.24, 2.45) is 5.41 Å². The highest BCUT2D eigenvalue weighted by atomic mass is 16.3. The van der Waals surface area contributed by atoms with Crippen molar-refractivity contribution >= 4 is 5.91 Å². The van der Waals surface area contributed by atoms with Gasteiger partial charge in [-0.2, -0.15) is 0 Å². The van der Waals surface area contributed by atoms with Gasteiger partial charge in [-0.1, -0.05) is 48.5 Å². The zero-order valence-electron chi connectivity index (χ0n) is 11.8. The zero-order valence-corrected chi connectivity index (χ0v) is 11.8. The van der Waals surface area contributed by atoms with Crippen LogP contribution < -0.4 is 5.32 Å². The fourth-order valence-electron chi connectivity index (χ4n) is 2.88. The minimum Gasteiger partial charge on any atom is -0.396 e. The van der Waals surface area contributed by atoms with Crippen LogP contribution in [0.1, 0.15) is 28.3 Å². The Hall–Kier alpha value is -2.13. The molecule has 1 fully saturated rings. The SMILES string of the molecule is O=C(NC[C@@]1(CO)C[C@H]1c1ccccc1)c1ccccc1. The van der Waals surface area contributed by atoms with Gasteiger partial charge in [0.15, 0.2) is 0 Å². The second-order valence-electron chi connectivity index (χ2n) is 5.74. The summed E-state index contributed by atoms with van der Waals surface area (Å²) < 4.78 is 0. The van der Waals surface area contributed by atoms with E-state index in [0.29, 0.717) is 18.0 Å². The van der Waals surface area contributed by atoms with Gasteiger partial charge in [0.1, 0.15) is 0 Å². The number of rotatable bonds is 5. The van der Waals surface area contributed by atoms with E-state index in [1.54, 1.807) is 12.1 Å². The van der Waals surface area contributed by atoms with Crippen molar-refractivity contribution in [3.8, 4) is 0 Å². The number of carbonyl (C=O) groups is 1. The molecule has 0 aliphatic heterocycles. The van der Waals surface area contributed by atoms with E-state index in [9.17, 15) is 9.90 Å². The van der Waals surface area contributed by atoms with Crippen LogP contribution in [-0.2, 0) is 0 Å². The standard InChI is InChI=1S/C18H19NO2/c20-13-18(11-16(18)14-7-3-1-4-8-14)12-19-17(21)15-9-5-2-6-10-15/h1-10,16,20H,11-13H2,(H,19,21)/t16-,18+/m0/s1. The van der Waals surface area contributed by atoms with Crippen molar-refractivity contribution in [3.05, 3.63) is 71.8 Å². The molecule has 21 heavy (non-hydrogen) atoms. The number of hydrogen-bond acceptors (Lipinski definition) is 2. The second-order valence-corrected chi connectivity index (χ2v) is 5.74. The number of aliphatic hydroxyl groups is 1. The van der Waals surface area contributed by atoms with E-state index in [1.165, 1.54) is 5.56 Å². The van der Waals surface area contributed by atoms with Gasteiger partial charge in [0.25, 0.3) is 5.91 Å². The normalized spacial score (nSPS) is 23.6. The molecule has 1 saturated carbocycles. The Kier molecular flexibility index (Phi) is 3.76. The van der Waals surface area contributed by atoms with Gasteiger partial charge >= 0.3 is 0 Å². The van der Waals surface area contributed by atoms with Crippen molar-refractivity contribution in [1.82, 2.24) is 5.32 Å². The van der Waals surface area contributed by atoms with E-state index >= 15 is 0 Å². The average molecular weight is 281 g/mol. The molecule has 1 aliphatic rings. The zero-order chi connectivity index (χ0) is 14.7. The summed E-state index contributed by atoms with van der Waals surface area (Å²) in [4.78, 5) is 12.1. The average Bonchev–Trinajstić information content (AvgIpc) is 3.29. The molecular weight excluding hydrogens is 262 g/mol. The molecular formula is C18H19NO2. The minimum atomic E-state index is -0.203. The third-order valence-corrected chi connectivity index (χ3v) is 4.34. The lowest BCUT2D eigenvalue weighted by molar-refractivity contribution is 0.0934. The molecule has 0 radical (unpaired) electrons. The van der Waals surface area contributed by atoms with Gasteiger partial charge in [-0.05, 0) is 30.0 Å². The van der Waals surface area contributed by atoms with Crippen LogP contribution in [0.3, 0.4) is 0 Å². The highest BCUT2D eigenvalue weighted by Crippen LogP contribution is 2.58. The lowest BCUT2D eigenvalue weighted by Gasteiger charge is -2.15. The third-order valence-electron chi connectivity index (χ3n) is 4.34. The predicted molar refractivity (Wildman–Crippen MR) is 82.1 cm³/mol. The van der Waals surface area contributed by atoms with Crippen LogP contribution in [0.5, 0.6) is 0 Å². The number of aliphatic hydroxyl groups excluding tert-OH is 1. The molecule has 0 unspecified atom stereocenters. The fraction of sp³-hybridized carbons (Fsp3) is 0.278. The number of benzene rings is 2. The number of amides is 1. The maximum atomic E-state index is 12.1. The first-order chi connectivity index (χ1) is 10.2. The Labute approximate surface area is 124 Å². The van der Waals surface area contributed by atoms with Crippen LogP contribution in [0.15, 0.2) is 60.7 Å². The van der Waals surface area contributed by atoms with Gasteiger partial charge < -0.3 is 10.4 Å². The fourth-order valence-corrected chi connectivity index (χ4v) is 2.88. The molecule has 2 N–H and O–H groups in total. The van der Waals surface area contributed by atoms with E-state index in [-0.39, 0.29) is 17.9 Å². The molecule has 0 bridgehead atoms. The van der Waals surface area contributed by atoms with E-state index < -0.39 is 0 Å². The van der Waals surface area contributed by atoms with Gasteiger partial charge in [0.2, 0.25) is 0 Å². The summed E-state index contributed by atoms with van der Waals surface area (Å²) in [5.74, 6) is 0.252. The van der Waals surface area contributed by atoms with Gasteiger partial charge in [-0.15, -0.1) is 0 Å². The van der Waals surface area contributed by atoms with Crippen molar-refractivity contribution in [1.29, 1.82) is 0 Å². The second kappa shape index (κ2) is 5.70. The van der Waals surface area contributed by atoms with Crippen LogP contribution >= 0.6 is 0 Å². The number of carbonyl (C=O) groups excluding carboxylic acids is 1. The van der Waals surface area contributed by atoms with Crippen molar-refractivity contribution < 1.29 is 9.90 Å². The summed E-state index contributed by atoms with van der Waals surface area (Å²) >= 11 is 0. The van der Waals surface area contributed by atoms with E-state index in [1.807, 2.05) is 36.4 Å². The number of nitrogens with one attached hydrogen (secondary N) is 1. The number of hydrogen-bond donors (Lipinski definition) is 2. The Morgan fingerprint density at radius 3 is 2.33 bits per heavy atom. The van der Waals surface area contributed by atoms with Gasteiger partial charge in [-0.25, -0.2) is 0 Å². The van der Waals surface area contributed by atoms with Crippen molar-refractivity contribution in [3.63, 3.8) is 0 Å². The predicted octanol–water partition coefficient (Wildman–Crippen LogP) is 2.58. The topological polar surface area (TPSA) is 49.3 Å². The first-order valence-corrected chi connectivity index (χ1v) is 7.24. The third kappa shape index (κ3) is 2.83.